The van der Waals surface area contributed by atoms with Gasteiger partial charge < -0.3 is 4.74 Å². The van der Waals surface area contributed by atoms with Gasteiger partial charge in [-0.25, -0.2) is 0 Å². The number of hydrogen-bond acceptors (Lipinski definition) is 2. The third kappa shape index (κ3) is 4.12. The topological polar surface area (TPSA) is 22.1 Å². The first-order valence-corrected chi connectivity index (χ1v) is 9.92. The lowest BCUT2D eigenvalue weighted by molar-refractivity contribution is -0.0342. The van der Waals surface area contributed by atoms with Crippen LogP contribution in [0.1, 0.15) is 38.7 Å². The summed E-state index contributed by atoms with van der Waals surface area (Å²) in [7, 11) is 0. The van der Waals surface area contributed by atoms with Crippen LogP contribution in [0.3, 0.4) is 0 Å². The summed E-state index contributed by atoms with van der Waals surface area (Å²) >= 11 is 0. The Morgan fingerprint density at radius 3 is 2.70 bits per heavy atom. The van der Waals surface area contributed by atoms with Crippen molar-refractivity contribution in [1.29, 1.82) is 0 Å². The molecular formula is C25H27NO. The molecule has 2 aromatic carbocycles. The van der Waals surface area contributed by atoms with Gasteiger partial charge in [-0.15, -0.1) is 0 Å². The SMILES string of the molecule is CC(CCCc1ccccc1)OC1(C)C=c2ncc3ccccc3c2=CC1. The van der Waals surface area contributed by atoms with Crippen molar-refractivity contribution in [3.63, 3.8) is 0 Å². The first kappa shape index (κ1) is 17.9. The molecule has 27 heavy (non-hydrogen) atoms. The average molecular weight is 357 g/mol. The molecule has 138 valence electrons. The summed E-state index contributed by atoms with van der Waals surface area (Å²) in [5.74, 6) is 0. The van der Waals surface area contributed by atoms with E-state index < -0.39 is 0 Å². The summed E-state index contributed by atoms with van der Waals surface area (Å²) in [5.41, 5.74) is 1.12. The van der Waals surface area contributed by atoms with E-state index in [9.17, 15) is 0 Å². The molecule has 3 aromatic rings. The van der Waals surface area contributed by atoms with Gasteiger partial charge in [-0.05, 0) is 56.6 Å². The molecule has 4 rings (SSSR count). The van der Waals surface area contributed by atoms with Gasteiger partial charge in [0.15, 0.2) is 0 Å². The van der Waals surface area contributed by atoms with E-state index >= 15 is 0 Å². The van der Waals surface area contributed by atoms with Crippen molar-refractivity contribution >= 4 is 22.9 Å². The number of aryl methyl sites for hydroxylation is 1. The lowest BCUT2D eigenvalue weighted by Crippen LogP contribution is -2.41. The Hall–Kier alpha value is -2.45. The minimum Gasteiger partial charge on any atom is -0.368 e. The number of pyridine rings is 1. The van der Waals surface area contributed by atoms with Gasteiger partial charge in [-0.1, -0.05) is 60.7 Å². The molecule has 1 aromatic heterocycles. The third-order valence-electron chi connectivity index (χ3n) is 5.41. The van der Waals surface area contributed by atoms with Crippen LogP contribution in [0.4, 0.5) is 0 Å². The number of ether oxygens (including phenoxy) is 1. The number of rotatable bonds is 6. The standard InChI is InChI=1S/C25H27NO/c1-19(9-8-12-20-10-4-3-5-11-20)27-25(2)16-15-23-22-14-7-6-13-21(22)18-26-24(23)17-25/h3-7,10-11,13-15,17-19H,8-9,12,16H2,1-2H3. The van der Waals surface area contributed by atoms with Gasteiger partial charge in [0.25, 0.3) is 0 Å². The van der Waals surface area contributed by atoms with E-state index in [0.717, 1.165) is 31.0 Å². The highest BCUT2D eigenvalue weighted by Gasteiger charge is 2.26. The fraction of sp³-hybridized carbons (Fsp3) is 0.320. The summed E-state index contributed by atoms with van der Waals surface area (Å²) in [6, 6.07) is 19.1. The van der Waals surface area contributed by atoms with Crippen LogP contribution in [0.25, 0.3) is 22.9 Å². The highest BCUT2D eigenvalue weighted by molar-refractivity contribution is 5.83. The molecule has 0 N–H and O–H groups in total. The Labute approximate surface area is 161 Å². The zero-order chi connectivity index (χ0) is 18.7. The molecule has 0 amide bonds. The zero-order valence-corrected chi connectivity index (χ0v) is 16.2. The van der Waals surface area contributed by atoms with Gasteiger partial charge >= 0.3 is 0 Å². The molecule has 1 aliphatic rings. The molecule has 0 saturated carbocycles. The van der Waals surface area contributed by atoms with E-state index in [1.54, 1.807) is 0 Å². The van der Waals surface area contributed by atoms with Crippen molar-refractivity contribution in [1.82, 2.24) is 4.98 Å². The maximum Gasteiger partial charge on any atom is 0.0896 e. The molecule has 0 radical (unpaired) electrons. The Balaban J connectivity index is 1.45. The van der Waals surface area contributed by atoms with Crippen molar-refractivity contribution in [2.24, 2.45) is 0 Å². The van der Waals surface area contributed by atoms with Gasteiger partial charge in [0, 0.05) is 16.8 Å². The molecule has 0 aliphatic heterocycles. The van der Waals surface area contributed by atoms with Crippen LogP contribution >= 0.6 is 0 Å². The van der Waals surface area contributed by atoms with Crippen molar-refractivity contribution in [3.05, 3.63) is 76.9 Å². The summed E-state index contributed by atoms with van der Waals surface area (Å²) in [4.78, 5) is 4.69. The van der Waals surface area contributed by atoms with Gasteiger partial charge in [0.1, 0.15) is 0 Å². The monoisotopic (exact) mass is 357 g/mol. The number of nitrogens with zero attached hydrogens (tertiary/aromatic N) is 1. The molecule has 0 bridgehead atoms. The summed E-state index contributed by atoms with van der Waals surface area (Å²) in [6.45, 7) is 4.37. The predicted octanol–water partition coefficient (Wildman–Crippen LogP) is 4.39. The van der Waals surface area contributed by atoms with Crippen molar-refractivity contribution < 1.29 is 4.74 Å². The smallest absolute Gasteiger partial charge is 0.0896 e. The average Bonchev–Trinajstić information content (AvgIpc) is 2.68. The fourth-order valence-electron chi connectivity index (χ4n) is 4.02. The Kier molecular flexibility index (Phi) is 5.09. The summed E-state index contributed by atoms with van der Waals surface area (Å²) in [5, 5.41) is 4.75. The van der Waals surface area contributed by atoms with Crippen LogP contribution in [0.2, 0.25) is 0 Å². The normalized spacial score (nSPS) is 19.8. The highest BCUT2D eigenvalue weighted by atomic mass is 16.5. The fourth-order valence-corrected chi connectivity index (χ4v) is 4.02. The van der Waals surface area contributed by atoms with Gasteiger partial charge in [-0.3, -0.25) is 4.98 Å². The van der Waals surface area contributed by atoms with E-state index in [-0.39, 0.29) is 11.7 Å². The van der Waals surface area contributed by atoms with Crippen molar-refractivity contribution in [3.8, 4) is 0 Å². The first-order chi connectivity index (χ1) is 13.1. The Bertz CT molecular complexity index is 1040. The van der Waals surface area contributed by atoms with Crippen LogP contribution in [-0.2, 0) is 11.2 Å². The van der Waals surface area contributed by atoms with E-state index in [2.05, 4.69) is 85.6 Å². The molecule has 2 heteroatoms. The lowest BCUT2D eigenvalue weighted by atomic mass is 9.94. The molecule has 1 heterocycles. The minimum atomic E-state index is -0.283. The molecule has 1 aliphatic carbocycles. The largest absolute Gasteiger partial charge is 0.368 e. The Morgan fingerprint density at radius 1 is 1.07 bits per heavy atom. The van der Waals surface area contributed by atoms with E-state index in [4.69, 9.17) is 4.74 Å². The maximum atomic E-state index is 6.46. The summed E-state index contributed by atoms with van der Waals surface area (Å²) in [6.07, 6.45) is 10.9. The van der Waals surface area contributed by atoms with Crippen LogP contribution in [0.15, 0.2) is 60.8 Å². The maximum absolute atomic E-state index is 6.46. The molecule has 2 nitrogen and oxygen atoms in total. The molecule has 2 atom stereocenters. The Morgan fingerprint density at radius 2 is 1.85 bits per heavy atom. The summed E-state index contributed by atoms with van der Waals surface area (Å²) < 4.78 is 6.46. The molecular weight excluding hydrogens is 330 g/mol. The van der Waals surface area contributed by atoms with Gasteiger partial charge in [-0.2, -0.15) is 0 Å². The molecule has 0 fully saturated rings. The highest BCUT2D eigenvalue weighted by Crippen LogP contribution is 2.24. The number of aromatic nitrogens is 1. The van der Waals surface area contributed by atoms with E-state index in [0.29, 0.717) is 0 Å². The lowest BCUT2D eigenvalue weighted by Gasteiger charge is -2.31. The van der Waals surface area contributed by atoms with Crippen molar-refractivity contribution in [2.75, 3.05) is 0 Å². The number of hydrogen-bond donors (Lipinski definition) is 0. The van der Waals surface area contributed by atoms with E-state index in [1.165, 1.54) is 21.6 Å². The second kappa shape index (κ2) is 7.66. The van der Waals surface area contributed by atoms with Crippen LogP contribution in [0, 0.1) is 0 Å². The quantitative estimate of drug-likeness (QED) is 0.653. The van der Waals surface area contributed by atoms with Crippen LogP contribution in [0.5, 0.6) is 0 Å². The van der Waals surface area contributed by atoms with Crippen LogP contribution in [-0.4, -0.2) is 16.7 Å². The second-order valence-corrected chi connectivity index (χ2v) is 7.82. The van der Waals surface area contributed by atoms with Crippen molar-refractivity contribution in [2.45, 2.75) is 51.2 Å². The van der Waals surface area contributed by atoms with Gasteiger partial charge in [0.2, 0.25) is 0 Å². The first-order valence-electron chi connectivity index (χ1n) is 9.92. The molecule has 2 unspecified atom stereocenters. The van der Waals surface area contributed by atoms with Crippen LogP contribution < -0.4 is 10.6 Å². The minimum absolute atomic E-state index is 0.227. The number of fused-ring (bicyclic) bond motifs is 3. The van der Waals surface area contributed by atoms with Gasteiger partial charge in [0.05, 0.1) is 17.1 Å². The zero-order valence-electron chi connectivity index (χ0n) is 16.2. The second-order valence-electron chi connectivity index (χ2n) is 7.82. The number of benzene rings is 2. The molecule has 0 spiro atoms. The third-order valence-corrected chi connectivity index (χ3v) is 5.41. The molecule has 0 saturated heterocycles. The predicted molar refractivity (Wildman–Crippen MR) is 113 cm³/mol. The van der Waals surface area contributed by atoms with E-state index in [1.807, 2.05) is 6.20 Å².